The highest BCUT2D eigenvalue weighted by Gasteiger charge is 2.27. The van der Waals surface area contributed by atoms with Crippen molar-refractivity contribution >= 4 is 11.9 Å². The van der Waals surface area contributed by atoms with Crippen molar-refractivity contribution in [2.45, 2.75) is 39.7 Å². The third-order valence-electron chi connectivity index (χ3n) is 4.91. The molecule has 6 heteroatoms. The standard InChI is InChI=1S/C20H25N3O3/c1-14-9-12-22(13-10-14)19(24)16(3)26-20(25)17-4-6-18(7-5-17)23-15(2)8-11-21-23/h4-8,11,14,16H,9-10,12-13H2,1-3H3. The largest absolute Gasteiger partial charge is 0.449 e. The summed E-state index contributed by atoms with van der Waals surface area (Å²) in [5.74, 6) is 0.0443. The zero-order valence-electron chi connectivity index (χ0n) is 15.5. The van der Waals surface area contributed by atoms with E-state index in [4.69, 9.17) is 4.74 Å². The molecule has 1 fully saturated rings. The van der Waals surface area contributed by atoms with Crippen LogP contribution < -0.4 is 0 Å². The first kappa shape index (κ1) is 18.2. The monoisotopic (exact) mass is 355 g/mol. The van der Waals surface area contributed by atoms with Crippen LogP contribution in [0.1, 0.15) is 42.7 Å². The highest BCUT2D eigenvalue weighted by atomic mass is 16.5. The first-order chi connectivity index (χ1) is 12.5. The van der Waals surface area contributed by atoms with Crippen LogP contribution in [0.4, 0.5) is 0 Å². The minimum absolute atomic E-state index is 0.117. The quantitative estimate of drug-likeness (QED) is 0.791. The van der Waals surface area contributed by atoms with Gasteiger partial charge in [-0.1, -0.05) is 6.92 Å². The molecule has 1 aliphatic heterocycles. The van der Waals surface area contributed by atoms with Gasteiger partial charge in [0, 0.05) is 25.0 Å². The summed E-state index contributed by atoms with van der Waals surface area (Å²) < 4.78 is 7.17. The predicted octanol–water partition coefficient (Wildman–Crippen LogP) is 2.98. The minimum atomic E-state index is -0.774. The first-order valence-electron chi connectivity index (χ1n) is 9.06. The molecule has 0 aliphatic carbocycles. The molecular weight excluding hydrogens is 330 g/mol. The van der Waals surface area contributed by atoms with Gasteiger partial charge in [-0.05, 0) is 62.9 Å². The van der Waals surface area contributed by atoms with Gasteiger partial charge in [-0.25, -0.2) is 9.48 Å². The Labute approximate surface area is 153 Å². The van der Waals surface area contributed by atoms with Crippen LogP contribution in [0, 0.1) is 12.8 Å². The molecule has 2 heterocycles. The van der Waals surface area contributed by atoms with Crippen LogP contribution in [0.5, 0.6) is 0 Å². The van der Waals surface area contributed by atoms with Crippen molar-refractivity contribution in [3.63, 3.8) is 0 Å². The summed E-state index contributed by atoms with van der Waals surface area (Å²) in [6, 6.07) is 8.93. The fourth-order valence-corrected chi connectivity index (χ4v) is 3.14. The SMILES string of the molecule is Cc1ccnn1-c1ccc(C(=O)OC(C)C(=O)N2CCC(C)CC2)cc1. The number of piperidine rings is 1. The van der Waals surface area contributed by atoms with Gasteiger partial charge in [-0.15, -0.1) is 0 Å². The molecule has 1 aromatic heterocycles. The van der Waals surface area contributed by atoms with Crippen LogP contribution in [-0.2, 0) is 9.53 Å². The summed E-state index contributed by atoms with van der Waals surface area (Å²) in [4.78, 5) is 26.6. The van der Waals surface area contributed by atoms with Gasteiger partial charge in [-0.2, -0.15) is 5.10 Å². The van der Waals surface area contributed by atoms with Gasteiger partial charge in [0.05, 0.1) is 11.3 Å². The number of ether oxygens (including phenoxy) is 1. The number of esters is 1. The van der Waals surface area contributed by atoms with Crippen LogP contribution in [0.3, 0.4) is 0 Å². The Bertz CT molecular complexity index is 774. The van der Waals surface area contributed by atoms with Crippen LogP contribution in [-0.4, -0.2) is 45.8 Å². The second kappa shape index (κ2) is 7.72. The molecule has 3 rings (SSSR count). The average Bonchev–Trinajstić information content (AvgIpc) is 3.07. The highest BCUT2D eigenvalue weighted by Crippen LogP contribution is 2.18. The van der Waals surface area contributed by atoms with E-state index in [1.807, 2.05) is 25.1 Å². The number of benzene rings is 1. The second-order valence-corrected chi connectivity index (χ2v) is 6.99. The minimum Gasteiger partial charge on any atom is -0.449 e. The lowest BCUT2D eigenvalue weighted by Crippen LogP contribution is -2.44. The maximum absolute atomic E-state index is 12.5. The molecule has 0 saturated carbocycles. The number of aromatic nitrogens is 2. The van der Waals surface area contributed by atoms with E-state index in [-0.39, 0.29) is 5.91 Å². The van der Waals surface area contributed by atoms with Gasteiger partial charge in [0.1, 0.15) is 0 Å². The number of nitrogens with zero attached hydrogens (tertiary/aromatic N) is 3. The van der Waals surface area contributed by atoms with Gasteiger partial charge in [0.25, 0.3) is 5.91 Å². The second-order valence-electron chi connectivity index (χ2n) is 6.99. The van der Waals surface area contributed by atoms with Crippen molar-refractivity contribution < 1.29 is 14.3 Å². The Morgan fingerprint density at radius 3 is 2.38 bits per heavy atom. The Kier molecular flexibility index (Phi) is 5.40. The number of carbonyl (C=O) groups is 2. The summed E-state index contributed by atoms with van der Waals surface area (Å²) in [7, 11) is 0. The van der Waals surface area contributed by atoms with Crippen LogP contribution in [0.25, 0.3) is 5.69 Å². The van der Waals surface area contributed by atoms with Crippen molar-refractivity contribution in [2.24, 2.45) is 5.92 Å². The molecule has 2 aromatic rings. The smallest absolute Gasteiger partial charge is 0.338 e. The molecule has 0 bridgehead atoms. The molecule has 1 atom stereocenters. The van der Waals surface area contributed by atoms with Gasteiger partial charge in [-0.3, -0.25) is 4.79 Å². The van der Waals surface area contributed by atoms with Crippen molar-refractivity contribution in [3.05, 3.63) is 47.8 Å². The average molecular weight is 355 g/mol. The van der Waals surface area contributed by atoms with Crippen molar-refractivity contribution in [1.29, 1.82) is 0 Å². The Hall–Kier alpha value is -2.63. The summed E-state index contributed by atoms with van der Waals surface area (Å²) >= 11 is 0. The summed E-state index contributed by atoms with van der Waals surface area (Å²) in [6.45, 7) is 7.27. The van der Waals surface area contributed by atoms with Crippen LogP contribution in [0.15, 0.2) is 36.5 Å². The Morgan fingerprint density at radius 1 is 1.15 bits per heavy atom. The Morgan fingerprint density at radius 2 is 1.81 bits per heavy atom. The fraction of sp³-hybridized carbons (Fsp3) is 0.450. The molecule has 6 nitrogen and oxygen atoms in total. The van der Waals surface area contributed by atoms with Gasteiger partial charge < -0.3 is 9.64 Å². The maximum atomic E-state index is 12.5. The molecule has 0 N–H and O–H groups in total. The number of hydrogen-bond donors (Lipinski definition) is 0. The van der Waals surface area contributed by atoms with E-state index in [0.29, 0.717) is 11.5 Å². The van der Waals surface area contributed by atoms with E-state index >= 15 is 0 Å². The molecule has 0 radical (unpaired) electrons. The highest BCUT2D eigenvalue weighted by molar-refractivity contribution is 5.92. The van der Waals surface area contributed by atoms with Gasteiger partial charge in [0.15, 0.2) is 6.10 Å². The Balaban J connectivity index is 1.60. The van der Waals surface area contributed by atoms with Gasteiger partial charge >= 0.3 is 5.97 Å². The van der Waals surface area contributed by atoms with E-state index in [1.54, 1.807) is 34.8 Å². The van der Waals surface area contributed by atoms with E-state index in [9.17, 15) is 9.59 Å². The lowest BCUT2D eigenvalue weighted by molar-refractivity contribution is -0.141. The normalized spacial score (nSPS) is 16.3. The number of amides is 1. The summed E-state index contributed by atoms with van der Waals surface area (Å²) in [6.07, 6.45) is 2.96. The van der Waals surface area contributed by atoms with Gasteiger partial charge in [0.2, 0.25) is 0 Å². The van der Waals surface area contributed by atoms with Crippen LogP contribution in [0.2, 0.25) is 0 Å². The van der Waals surface area contributed by atoms with E-state index in [1.165, 1.54) is 0 Å². The topological polar surface area (TPSA) is 64.4 Å². The molecule has 26 heavy (non-hydrogen) atoms. The molecular formula is C20H25N3O3. The molecule has 1 saturated heterocycles. The number of aryl methyl sites for hydroxylation is 1. The number of carbonyl (C=O) groups excluding carboxylic acids is 2. The molecule has 138 valence electrons. The molecule has 1 aliphatic rings. The van der Waals surface area contributed by atoms with Crippen molar-refractivity contribution in [1.82, 2.24) is 14.7 Å². The van der Waals surface area contributed by atoms with Crippen molar-refractivity contribution in [3.8, 4) is 5.69 Å². The number of rotatable bonds is 4. The maximum Gasteiger partial charge on any atom is 0.338 e. The summed E-state index contributed by atoms with van der Waals surface area (Å²) in [5.41, 5.74) is 2.30. The number of hydrogen-bond acceptors (Lipinski definition) is 4. The third kappa shape index (κ3) is 3.95. The number of likely N-dealkylation sites (tertiary alicyclic amines) is 1. The lowest BCUT2D eigenvalue weighted by atomic mass is 9.99. The lowest BCUT2D eigenvalue weighted by Gasteiger charge is -2.31. The summed E-state index contributed by atoms with van der Waals surface area (Å²) in [5, 5.41) is 4.24. The zero-order valence-corrected chi connectivity index (χ0v) is 15.5. The molecule has 0 spiro atoms. The fourth-order valence-electron chi connectivity index (χ4n) is 3.14. The zero-order chi connectivity index (χ0) is 18.7. The first-order valence-corrected chi connectivity index (χ1v) is 9.06. The third-order valence-corrected chi connectivity index (χ3v) is 4.91. The van der Waals surface area contributed by atoms with E-state index in [0.717, 1.165) is 37.3 Å². The van der Waals surface area contributed by atoms with E-state index in [2.05, 4.69) is 12.0 Å². The predicted molar refractivity (Wildman–Crippen MR) is 98.2 cm³/mol. The molecule has 1 amide bonds. The van der Waals surface area contributed by atoms with Crippen LogP contribution >= 0.6 is 0 Å². The molecule has 1 unspecified atom stereocenters. The van der Waals surface area contributed by atoms with E-state index < -0.39 is 12.1 Å². The molecule has 1 aromatic carbocycles. The van der Waals surface area contributed by atoms with Crippen molar-refractivity contribution in [2.75, 3.05) is 13.1 Å².